The van der Waals surface area contributed by atoms with Crippen LogP contribution in [0.2, 0.25) is 0 Å². The highest BCUT2D eigenvalue weighted by Crippen LogP contribution is 2.43. The molecule has 1 aliphatic heterocycles. The second kappa shape index (κ2) is 9.20. The normalized spacial score (nSPS) is 14.9. The SMILES string of the molecule is CN(CCOc1ccccc1)C(=O)c1ccc(C2SCCCS2)cc1. The standard InChI is InChI=1S/C20H23NO2S2/c1-21(12-13-23-18-6-3-2-4-7-18)19(22)16-8-10-17(11-9-16)20-24-14-5-15-25-20/h2-4,6-11,20H,5,12-15H2,1H3. The number of para-hydroxylation sites is 1. The van der Waals surface area contributed by atoms with Crippen LogP contribution in [0.5, 0.6) is 5.75 Å². The molecule has 1 fully saturated rings. The van der Waals surface area contributed by atoms with Gasteiger partial charge < -0.3 is 9.64 Å². The summed E-state index contributed by atoms with van der Waals surface area (Å²) in [5.41, 5.74) is 2.04. The Hall–Kier alpha value is -1.59. The van der Waals surface area contributed by atoms with Crippen molar-refractivity contribution in [2.24, 2.45) is 0 Å². The van der Waals surface area contributed by atoms with Crippen LogP contribution in [0.3, 0.4) is 0 Å². The molecule has 3 rings (SSSR count). The van der Waals surface area contributed by atoms with Gasteiger partial charge in [0.05, 0.1) is 11.1 Å². The van der Waals surface area contributed by atoms with Crippen LogP contribution in [0.15, 0.2) is 54.6 Å². The van der Waals surface area contributed by atoms with Gasteiger partial charge in [0.1, 0.15) is 12.4 Å². The average Bonchev–Trinajstić information content (AvgIpc) is 2.69. The first-order valence-corrected chi connectivity index (χ1v) is 10.6. The Bertz CT molecular complexity index is 670. The van der Waals surface area contributed by atoms with Crippen molar-refractivity contribution in [3.8, 4) is 5.75 Å². The van der Waals surface area contributed by atoms with E-state index in [0.717, 1.165) is 11.3 Å². The van der Waals surface area contributed by atoms with Crippen LogP contribution in [0, 0.1) is 0 Å². The van der Waals surface area contributed by atoms with Crippen LogP contribution in [0.4, 0.5) is 0 Å². The molecule has 0 N–H and O–H groups in total. The predicted molar refractivity (Wildman–Crippen MR) is 108 cm³/mol. The van der Waals surface area contributed by atoms with Crippen molar-refractivity contribution in [2.45, 2.75) is 11.0 Å². The molecule has 132 valence electrons. The lowest BCUT2D eigenvalue weighted by Crippen LogP contribution is -2.30. The molecule has 0 aliphatic carbocycles. The van der Waals surface area contributed by atoms with E-state index >= 15 is 0 Å². The summed E-state index contributed by atoms with van der Waals surface area (Å²) < 4.78 is 6.17. The molecule has 1 heterocycles. The Kier molecular flexibility index (Phi) is 6.70. The Labute approximate surface area is 158 Å². The first kappa shape index (κ1) is 18.2. The number of hydrogen-bond acceptors (Lipinski definition) is 4. The maximum Gasteiger partial charge on any atom is 0.253 e. The Balaban J connectivity index is 1.51. The Morgan fingerprint density at radius 3 is 2.44 bits per heavy atom. The third-order valence-corrected chi connectivity index (χ3v) is 7.06. The maximum atomic E-state index is 12.5. The minimum Gasteiger partial charge on any atom is -0.492 e. The molecule has 1 saturated heterocycles. The molecule has 0 aromatic heterocycles. The van der Waals surface area contributed by atoms with Crippen molar-refractivity contribution < 1.29 is 9.53 Å². The van der Waals surface area contributed by atoms with Gasteiger partial charge in [-0.2, -0.15) is 0 Å². The fraction of sp³-hybridized carbons (Fsp3) is 0.350. The fourth-order valence-corrected chi connectivity index (χ4v) is 5.50. The molecule has 0 radical (unpaired) electrons. The molecule has 0 unspecified atom stereocenters. The summed E-state index contributed by atoms with van der Waals surface area (Å²) in [6.45, 7) is 1.05. The lowest BCUT2D eigenvalue weighted by Gasteiger charge is -2.22. The molecule has 0 atom stereocenters. The van der Waals surface area contributed by atoms with Gasteiger partial charge >= 0.3 is 0 Å². The third kappa shape index (κ3) is 5.19. The van der Waals surface area contributed by atoms with E-state index in [4.69, 9.17) is 4.74 Å². The smallest absolute Gasteiger partial charge is 0.253 e. The number of hydrogen-bond donors (Lipinski definition) is 0. The number of benzene rings is 2. The number of carbonyl (C=O) groups is 1. The van der Waals surface area contributed by atoms with E-state index in [2.05, 4.69) is 12.1 Å². The van der Waals surface area contributed by atoms with Crippen LogP contribution in [0.25, 0.3) is 0 Å². The summed E-state index contributed by atoms with van der Waals surface area (Å²) in [7, 11) is 1.82. The van der Waals surface area contributed by atoms with Crippen LogP contribution >= 0.6 is 23.5 Å². The van der Waals surface area contributed by atoms with Gasteiger partial charge in [-0.3, -0.25) is 4.79 Å². The van der Waals surface area contributed by atoms with Crippen molar-refractivity contribution in [2.75, 3.05) is 31.7 Å². The molecule has 5 heteroatoms. The number of amides is 1. The fourth-order valence-electron chi connectivity index (χ4n) is 2.60. The van der Waals surface area contributed by atoms with Crippen molar-refractivity contribution in [1.29, 1.82) is 0 Å². The van der Waals surface area contributed by atoms with Crippen molar-refractivity contribution in [3.05, 3.63) is 65.7 Å². The predicted octanol–water partition coefficient (Wildman–Crippen LogP) is 4.71. The molecule has 3 nitrogen and oxygen atoms in total. The van der Waals surface area contributed by atoms with E-state index in [-0.39, 0.29) is 5.91 Å². The van der Waals surface area contributed by atoms with E-state index in [9.17, 15) is 4.79 Å². The highest BCUT2D eigenvalue weighted by Gasteiger charge is 2.17. The van der Waals surface area contributed by atoms with Gasteiger partial charge in [-0.25, -0.2) is 0 Å². The summed E-state index contributed by atoms with van der Waals surface area (Å²) >= 11 is 3.99. The summed E-state index contributed by atoms with van der Waals surface area (Å²) in [5.74, 6) is 3.31. The lowest BCUT2D eigenvalue weighted by atomic mass is 10.1. The zero-order valence-electron chi connectivity index (χ0n) is 14.4. The molecule has 0 saturated carbocycles. The first-order chi connectivity index (χ1) is 12.2. The zero-order chi connectivity index (χ0) is 17.5. The minimum absolute atomic E-state index is 0.0344. The number of ether oxygens (including phenoxy) is 1. The molecule has 0 bridgehead atoms. The van der Waals surface area contributed by atoms with Crippen molar-refractivity contribution in [1.82, 2.24) is 4.90 Å². The Morgan fingerprint density at radius 2 is 1.76 bits per heavy atom. The molecule has 2 aromatic carbocycles. The number of carbonyl (C=O) groups excluding carboxylic acids is 1. The molecular weight excluding hydrogens is 350 g/mol. The Morgan fingerprint density at radius 1 is 1.08 bits per heavy atom. The monoisotopic (exact) mass is 373 g/mol. The van der Waals surface area contributed by atoms with Gasteiger partial charge in [0.15, 0.2) is 0 Å². The van der Waals surface area contributed by atoms with E-state index in [1.54, 1.807) is 4.90 Å². The second-order valence-corrected chi connectivity index (χ2v) is 8.66. The maximum absolute atomic E-state index is 12.5. The molecule has 1 aliphatic rings. The molecule has 1 amide bonds. The largest absolute Gasteiger partial charge is 0.492 e. The van der Waals surface area contributed by atoms with E-state index in [0.29, 0.717) is 17.7 Å². The molecule has 2 aromatic rings. The third-order valence-electron chi connectivity index (χ3n) is 4.04. The number of likely N-dealkylation sites (N-methyl/N-ethyl adjacent to an activating group) is 1. The van der Waals surface area contributed by atoms with Crippen molar-refractivity contribution in [3.63, 3.8) is 0 Å². The first-order valence-electron chi connectivity index (χ1n) is 8.50. The topological polar surface area (TPSA) is 29.5 Å². The number of rotatable bonds is 6. The summed E-state index contributed by atoms with van der Waals surface area (Å²) in [6.07, 6.45) is 1.29. The molecular formula is C20H23NO2S2. The van der Waals surface area contributed by atoms with E-state index in [1.807, 2.05) is 73.0 Å². The molecule has 25 heavy (non-hydrogen) atoms. The average molecular weight is 374 g/mol. The number of nitrogens with zero attached hydrogens (tertiary/aromatic N) is 1. The van der Waals surface area contributed by atoms with E-state index in [1.165, 1.54) is 23.5 Å². The van der Waals surface area contributed by atoms with Gasteiger partial charge in [-0.15, -0.1) is 23.5 Å². The summed E-state index contributed by atoms with van der Waals surface area (Å²) in [4.78, 5) is 14.2. The minimum atomic E-state index is 0.0344. The second-order valence-electron chi connectivity index (χ2n) is 5.94. The quantitative estimate of drug-likeness (QED) is 0.734. The van der Waals surface area contributed by atoms with Gasteiger partial charge in [-0.1, -0.05) is 30.3 Å². The van der Waals surface area contributed by atoms with Gasteiger partial charge in [0.25, 0.3) is 5.91 Å². The summed E-state index contributed by atoms with van der Waals surface area (Å²) in [6, 6.07) is 17.8. The van der Waals surface area contributed by atoms with Gasteiger partial charge in [0.2, 0.25) is 0 Å². The van der Waals surface area contributed by atoms with Gasteiger partial charge in [0, 0.05) is 12.6 Å². The zero-order valence-corrected chi connectivity index (χ0v) is 16.0. The van der Waals surface area contributed by atoms with Crippen LogP contribution in [-0.2, 0) is 0 Å². The van der Waals surface area contributed by atoms with E-state index < -0.39 is 0 Å². The van der Waals surface area contributed by atoms with Crippen molar-refractivity contribution >= 4 is 29.4 Å². The highest BCUT2D eigenvalue weighted by molar-refractivity contribution is 8.16. The van der Waals surface area contributed by atoms with Crippen LogP contribution < -0.4 is 4.74 Å². The number of thioether (sulfide) groups is 2. The lowest BCUT2D eigenvalue weighted by molar-refractivity contribution is 0.0774. The summed E-state index contributed by atoms with van der Waals surface area (Å²) in [5, 5.41) is 0. The molecule has 0 spiro atoms. The van der Waals surface area contributed by atoms with Crippen LogP contribution in [-0.4, -0.2) is 42.5 Å². The van der Waals surface area contributed by atoms with Crippen LogP contribution in [0.1, 0.15) is 26.9 Å². The highest BCUT2D eigenvalue weighted by atomic mass is 32.2. The van der Waals surface area contributed by atoms with Gasteiger partial charge in [-0.05, 0) is 47.8 Å².